The molecule has 2 aromatic carbocycles. The van der Waals surface area contributed by atoms with Gasteiger partial charge in [-0.05, 0) is 30.3 Å². The first-order chi connectivity index (χ1) is 14.3. The van der Waals surface area contributed by atoms with Gasteiger partial charge in [0.1, 0.15) is 11.6 Å². The highest BCUT2D eigenvalue weighted by atomic mass is 35.5. The Morgan fingerprint density at radius 1 is 1.03 bits per heavy atom. The van der Waals surface area contributed by atoms with Crippen molar-refractivity contribution in [3.8, 4) is 6.07 Å². The number of hydrogen-bond acceptors (Lipinski definition) is 5. The number of carbonyl (C=O) groups excluding carboxylic acids is 1. The lowest BCUT2D eigenvalue weighted by Gasteiger charge is -2.33. The molecule has 1 fully saturated rings. The van der Waals surface area contributed by atoms with E-state index in [-0.39, 0.29) is 28.6 Å². The third kappa shape index (κ3) is 5.12. The molecule has 0 aliphatic carbocycles. The molecule has 2 aromatic rings. The van der Waals surface area contributed by atoms with Crippen LogP contribution in [-0.4, -0.2) is 49.7 Å². The van der Waals surface area contributed by atoms with Crippen LogP contribution < -0.4 is 5.32 Å². The van der Waals surface area contributed by atoms with Gasteiger partial charge in [0.2, 0.25) is 10.0 Å². The number of benzene rings is 2. The quantitative estimate of drug-likeness (QED) is 0.540. The molecule has 3 rings (SSSR count). The van der Waals surface area contributed by atoms with E-state index in [2.05, 4.69) is 5.32 Å². The van der Waals surface area contributed by atoms with Crippen molar-refractivity contribution >= 4 is 44.8 Å². The summed E-state index contributed by atoms with van der Waals surface area (Å²) >= 11 is 11.8. The zero-order valence-corrected chi connectivity index (χ0v) is 18.1. The van der Waals surface area contributed by atoms with Gasteiger partial charge >= 0.3 is 0 Å². The number of amides is 1. The topological polar surface area (TPSA) is 93.5 Å². The average molecular weight is 465 g/mol. The minimum Gasteiger partial charge on any atom is -0.373 e. The molecule has 1 aliphatic heterocycles. The molecule has 156 valence electrons. The molecule has 0 unspecified atom stereocenters. The highest BCUT2D eigenvalue weighted by molar-refractivity contribution is 7.89. The second-order valence-electron chi connectivity index (χ2n) is 6.49. The van der Waals surface area contributed by atoms with Crippen molar-refractivity contribution in [3.63, 3.8) is 0 Å². The van der Waals surface area contributed by atoms with Crippen molar-refractivity contribution in [1.82, 2.24) is 9.21 Å². The fourth-order valence-corrected chi connectivity index (χ4v) is 4.65. The van der Waals surface area contributed by atoms with Gasteiger partial charge < -0.3 is 10.2 Å². The molecule has 1 heterocycles. The fraction of sp³-hybridized carbons (Fsp3) is 0.200. The van der Waals surface area contributed by atoms with Crippen LogP contribution in [0, 0.1) is 11.3 Å². The third-order valence-electron chi connectivity index (χ3n) is 4.51. The van der Waals surface area contributed by atoms with Crippen molar-refractivity contribution in [2.45, 2.75) is 4.90 Å². The first-order valence-corrected chi connectivity index (χ1v) is 11.2. The number of nitrogens with zero attached hydrogens (tertiary/aromatic N) is 3. The molecule has 1 amide bonds. The Bertz CT molecular complexity index is 1110. The molecule has 0 aromatic heterocycles. The van der Waals surface area contributed by atoms with Crippen LogP contribution in [0.25, 0.3) is 0 Å². The lowest BCUT2D eigenvalue weighted by molar-refractivity contribution is -0.112. The van der Waals surface area contributed by atoms with Crippen LogP contribution in [0.2, 0.25) is 10.0 Å². The van der Waals surface area contributed by atoms with E-state index in [1.165, 1.54) is 16.6 Å². The first-order valence-electron chi connectivity index (χ1n) is 8.99. The molecule has 1 aliphatic rings. The van der Waals surface area contributed by atoms with Gasteiger partial charge in [-0.25, -0.2) is 8.42 Å². The van der Waals surface area contributed by atoms with Crippen molar-refractivity contribution in [2.24, 2.45) is 0 Å². The minimum atomic E-state index is -3.57. The van der Waals surface area contributed by atoms with Gasteiger partial charge in [-0.3, -0.25) is 4.79 Å². The standard InChI is InChI=1S/C20H18Cl2N4O3S/c21-18-7-6-16(12-19(18)22)24-20(27)15(13-23)14-25-8-10-26(11-9-25)30(28,29)17-4-2-1-3-5-17/h1-7,12,14H,8-11H2,(H,24,27)/b15-14-. The minimum absolute atomic E-state index is 0.0968. The number of carbonyl (C=O) groups is 1. The molecule has 0 bridgehead atoms. The molecule has 0 radical (unpaired) electrons. The maximum atomic E-state index is 12.7. The molecule has 1 saturated heterocycles. The highest BCUT2D eigenvalue weighted by Gasteiger charge is 2.28. The highest BCUT2D eigenvalue weighted by Crippen LogP contribution is 2.25. The normalized spacial score (nSPS) is 15.5. The zero-order chi connectivity index (χ0) is 21.7. The summed E-state index contributed by atoms with van der Waals surface area (Å²) in [5.74, 6) is -0.588. The molecule has 10 heteroatoms. The Balaban J connectivity index is 1.64. The lowest BCUT2D eigenvalue weighted by Crippen LogP contribution is -2.46. The number of hydrogen-bond donors (Lipinski definition) is 1. The van der Waals surface area contributed by atoms with Gasteiger partial charge in [0.05, 0.1) is 14.9 Å². The molecule has 0 spiro atoms. The summed E-state index contributed by atoms with van der Waals surface area (Å²) in [6.45, 7) is 1.22. The van der Waals surface area contributed by atoms with Crippen LogP contribution in [0.5, 0.6) is 0 Å². The number of halogens is 2. The van der Waals surface area contributed by atoms with Gasteiger partial charge in [0.15, 0.2) is 0 Å². The number of nitrogens with one attached hydrogen (secondary N) is 1. The molecule has 30 heavy (non-hydrogen) atoms. The van der Waals surface area contributed by atoms with Crippen molar-refractivity contribution < 1.29 is 13.2 Å². The summed E-state index contributed by atoms with van der Waals surface area (Å²) in [5.41, 5.74) is 0.315. The fourth-order valence-electron chi connectivity index (χ4n) is 2.91. The number of sulfonamides is 1. The van der Waals surface area contributed by atoms with E-state index in [0.29, 0.717) is 23.8 Å². The summed E-state index contributed by atoms with van der Waals surface area (Å²) in [5, 5.41) is 12.6. The van der Waals surface area contributed by atoms with Gasteiger partial charge in [-0.2, -0.15) is 9.57 Å². The van der Waals surface area contributed by atoms with E-state index in [4.69, 9.17) is 23.2 Å². The maximum Gasteiger partial charge on any atom is 0.267 e. The van der Waals surface area contributed by atoms with Crippen LogP contribution in [0.4, 0.5) is 5.69 Å². The molecular formula is C20H18Cl2N4O3S. The SMILES string of the molecule is N#C/C(=C/N1CCN(S(=O)(=O)c2ccccc2)CC1)C(=O)Nc1ccc(Cl)c(Cl)c1. The summed E-state index contributed by atoms with van der Waals surface area (Å²) < 4.78 is 26.8. The first kappa shape index (κ1) is 22.1. The average Bonchev–Trinajstić information content (AvgIpc) is 2.75. The van der Waals surface area contributed by atoms with Crippen LogP contribution in [0.1, 0.15) is 0 Å². The molecule has 0 saturated carbocycles. The molecule has 7 nitrogen and oxygen atoms in total. The second kappa shape index (κ2) is 9.49. The van der Waals surface area contributed by atoms with Crippen LogP contribution in [0.3, 0.4) is 0 Å². The Kier molecular flexibility index (Phi) is 7.00. The van der Waals surface area contributed by atoms with Crippen LogP contribution in [-0.2, 0) is 14.8 Å². The Morgan fingerprint density at radius 3 is 2.30 bits per heavy atom. The van der Waals surface area contributed by atoms with Gasteiger partial charge in [0, 0.05) is 38.1 Å². The molecule has 0 atom stereocenters. The number of nitriles is 1. The number of rotatable bonds is 5. The largest absolute Gasteiger partial charge is 0.373 e. The van der Waals surface area contributed by atoms with Crippen molar-refractivity contribution in [1.29, 1.82) is 5.26 Å². The maximum absolute atomic E-state index is 12.7. The summed E-state index contributed by atoms with van der Waals surface area (Å²) in [6, 6.07) is 14.7. The second-order valence-corrected chi connectivity index (χ2v) is 9.24. The Hall–Kier alpha value is -2.57. The van der Waals surface area contributed by atoms with E-state index in [0.717, 1.165) is 0 Å². The van der Waals surface area contributed by atoms with Gasteiger partial charge in [0.25, 0.3) is 5.91 Å². The monoisotopic (exact) mass is 464 g/mol. The Labute approximate surface area is 185 Å². The predicted molar refractivity (Wildman–Crippen MR) is 116 cm³/mol. The van der Waals surface area contributed by atoms with Crippen LogP contribution in [0.15, 0.2) is 65.2 Å². The van der Waals surface area contributed by atoms with Crippen molar-refractivity contribution in [3.05, 3.63) is 70.3 Å². The molecule has 1 N–H and O–H groups in total. The molecular weight excluding hydrogens is 447 g/mol. The number of piperazine rings is 1. The lowest BCUT2D eigenvalue weighted by atomic mass is 10.2. The predicted octanol–water partition coefficient (Wildman–Crippen LogP) is 3.35. The van der Waals surface area contributed by atoms with Crippen molar-refractivity contribution in [2.75, 3.05) is 31.5 Å². The van der Waals surface area contributed by atoms with E-state index in [9.17, 15) is 18.5 Å². The summed E-state index contributed by atoms with van der Waals surface area (Å²) in [6.07, 6.45) is 1.44. The zero-order valence-electron chi connectivity index (χ0n) is 15.8. The summed E-state index contributed by atoms with van der Waals surface area (Å²) in [4.78, 5) is 14.4. The van der Waals surface area contributed by atoms with Crippen LogP contribution >= 0.6 is 23.2 Å². The van der Waals surface area contributed by atoms with E-state index in [1.807, 2.05) is 6.07 Å². The third-order valence-corrected chi connectivity index (χ3v) is 7.16. The Morgan fingerprint density at radius 2 is 1.70 bits per heavy atom. The van der Waals surface area contributed by atoms with Gasteiger partial charge in [-0.15, -0.1) is 0 Å². The van der Waals surface area contributed by atoms with Gasteiger partial charge in [-0.1, -0.05) is 41.4 Å². The van der Waals surface area contributed by atoms with E-state index >= 15 is 0 Å². The van der Waals surface area contributed by atoms with E-state index < -0.39 is 15.9 Å². The number of anilines is 1. The summed E-state index contributed by atoms with van der Waals surface area (Å²) in [7, 11) is -3.57. The smallest absolute Gasteiger partial charge is 0.267 e. The van der Waals surface area contributed by atoms with E-state index in [1.54, 1.807) is 47.4 Å².